The van der Waals surface area contributed by atoms with Crippen molar-refractivity contribution < 1.29 is 19.1 Å². The number of nitrogens with zero attached hydrogens (tertiary/aromatic N) is 4. The average Bonchev–Trinajstić information content (AvgIpc) is 3.04. The van der Waals surface area contributed by atoms with E-state index >= 15 is 0 Å². The summed E-state index contributed by atoms with van der Waals surface area (Å²) in [4.78, 5) is 29.3. The van der Waals surface area contributed by atoms with Crippen LogP contribution in [0.5, 0.6) is 17.2 Å². The minimum atomic E-state index is -0.439. The average molecular weight is 621 g/mol. The fourth-order valence-electron chi connectivity index (χ4n) is 5.07. The van der Waals surface area contributed by atoms with Crippen LogP contribution in [0.4, 0.5) is 5.69 Å². The molecule has 0 aliphatic heterocycles. The van der Waals surface area contributed by atoms with E-state index in [2.05, 4.69) is 18.9 Å². The first-order chi connectivity index (χ1) is 22.2. The number of rotatable bonds is 12. The molecule has 46 heavy (non-hydrogen) atoms. The maximum absolute atomic E-state index is 13.8. The Morgan fingerprint density at radius 1 is 0.913 bits per heavy atom. The fraction of sp³-hybridized carbons (Fsp3) is 0.250. The predicted octanol–water partition coefficient (Wildman–Crippen LogP) is 7.66. The first kappa shape index (κ1) is 31.9. The van der Waals surface area contributed by atoms with Gasteiger partial charge in [-0.05, 0) is 104 Å². The van der Waals surface area contributed by atoms with Gasteiger partial charge in [-0.25, -0.2) is 4.98 Å². The largest absolute Gasteiger partial charge is 0.494 e. The summed E-state index contributed by atoms with van der Waals surface area (Å²) in [5.41, 5.74) is 4.49. The summed E-state index contributed by atoms with van der Waals surface area (Å²) in [7, 11) is 0. The molecule has 0 aliphatic rings. The molecule has 0 saturated heterocycles. The van der Waals surface area contributed by atoms with Gasteiger partial charge in [-0.15, -0.1) is 0 Å². The van der Waals surface area contributed by atoms with Gasteiger partial charge in [0.2, 0.25) is 0 Å². The van der Waals surface area contributed by atoms with Crippen LogP contribution < -0.4 is 19.8 Å². The molecule has 0 atom stereocenters. The maximum Gasteiger partial charge on any atom is 0.282 e. The van der Waals surface area contributed by atoms with Crippen molar-refractivity contribution in [3.8, 4) is 28.6 Å². The Labute approximate surface area is 267 Å². The van der Waals surface area contributed by atoms with Crippen molar-refractivity contribution in [2.45, 2.75) is 47.1 Å². The van der Waals surface area contributed by atoms with Crippen LogP contribution in [0.1, 0.15) is 55.9 Å². The van der Waals surface area contributed by atoms with E-state index in [1.54, 1.807) is 36.5 Å². The van der Waals surface area contributed by atoms with E-state index in [1.807, 2.05) is 57.2 Å². The molecule has 1 aromatic heterocycles. The minimum Gasteiger partial charge on any atom is -0.494 e. The second kappa shape index (κ2) is 14.1. The highest BCUT2D eigenvalue weighted by Gasteiger charge is 2.19. The Hall–Kier alpha value is -5.51. The normalized spacial score (nSPS) is 11.3. The van der Waals surface area contributed by atoms with Gasteiger partial charge in [-0.1, -0.05) is 26.0 Å². The van der Waals surface area contributed by atoms with Crippen LogP contribution in [0.3, 0.4) is 0 Å². The minimum absolute atomic E-state index is 0.0179. The lowest BCUT2D eigenvalue weighted by atomic mass is 9.96. The highest BCUT2D eigenvalue weighted by atomic mass is 16.6. The summed E-state index contributed by atoms with van der Waals surface area (Å²) in [6.07, 6.45) is 1.59. The first-order valence-electron chi connectivity index (χ1n) is 15.2. The second-order valence-electron chi connectivity index (χ2n) is 11.0. The Balaban J connectivity index is 1.53. The molecule has 0 bridgehead atoms. The molecule has 0 spiro atoms. The Morgan fingerprint density at radius 2 is 1.63 bits per heavy atom. The lowest BCUT2D eigenvalue weighted by molar-refractivity contribution is -0.384. The van der Waals surface area contributed by atoms with Crippen LogP contribution in [0.2, 0.25) is 0 Å². The van der Waals surface area contributed by atoms with Gasteiger partial charge in [0.25, 0.3) is 11.2 Å². The van der Waals surface area contributed by atoms with Gasteiger partial charge < -0.3 is 14.2 Å². The first-order valence-corrected chi connectivity index (χ1v) is 15.2. The van der Waals surface area contributed by atoms with Crippen LogP contribution in [0.15, 0.2) is 88.8 Å². The van der Waals surface area contributed by atoms with Crippen LogP contribution >= 0.6 is 0 Å². The monoisotopic (exact) mass is 620 g/mol. The van der Waals surface area contributed by atoms with E-state index in [1.165, 1.54) is 16.8 Å². The topological polar surface area (TPSA) is 118 Å². The molecule has 5 aromatic rings. The highest BCUT2D eigenvalue weighted by molar-refractivity contribution is 5.83. The van der Waals surface area contributed by atoms with Crippen molar-refractivity contribution in [2.75, 3.05) is 13.2 Å². The van der Waals surface area contributed by atoms with E-state index in [9.17, 15) is 14.9 Å². The molecule has 0 amide bonds. The molecular formula is C36H36N4O6. The molecule has 0 aliphatic carbocycles. The summed E-state index contributed by atoms with van der Waals surface area (Å²) in [5, 5.41) is 16.1. The molecule has 10 nitrogen and oxygen atoms in total. The molecule has 236 valence electrons. The van der Waals surface area contributed by atoms with Crippen molar-refractivity contribution in [1.29, 1.82) is 0 Å². The number of hydrogen-bond acceptors (Lipinski definition) is 8. The molecule has 0 saturated carbocycles. The standard InChI is InChI=1S/C36H36N4O6/c1-6-44-33-18-24(5)30(20-29(33)23(3)4)35-38-31-11-9-8-10-28(31)36(41)39(35)37-21-26-14-17-32(34(19-26)45-7-2)46-22-25-12-15-27(16-13-25)40(42)43/h8-21,23H,6-7,22H2,1-5H3. The number of aromatic nitrogens is 2. The SMILES string of the molecule is CCOc1cc(C=Nn2c(-c3cc(C(C)C)c(OCC)cc3C)nc3ccccc3c2=O)ccc1OCc1ccc([N+](=O)[O-])cc1. The predicted molar refractivity (Wildman–Crippen MR) is 179 cm³/mol. The second-order valence-corrected chi connectivity index (χ2v) is 11.0. The van der Waals surface area contributed by atoms with Gasteiger partial charge >= 0.3 is 0 Å². The fourth-order valence-corrected chi connectivity index (χ4v) is 5.07. The van der Waals surface area contributed by atoms with Crippen molar-refractivity contribution >= 4 is 22.8 Å². The maximum atomic E-state index is 13.8. The van der Waals surface area contributed by atoms with Gasteiger partial charge in [0.05, 0.1) is 35.3 Å². The van der Waals surface area contributed by atoms with Gasteiger partial charge in [0, 0.05) is 17.7 Å². The van der Waals surface area contributed by atoms with E-state index < -0.39 is 4.92 Å². The lowest BCUT2D eigenvalue weighted by Crippen LogP contribution is -2.21. The molecule has 0 unspecified atom stereocenters. The Kier molecular flexibility index (Phi) is 9.76. The zero-order valence-electron chi connectivity index (χ0n) is 26.5. The number of nitro groups is 1. The molecule has 10 heteroatoms. The molecule has 0 N–H and O–H groups in total. The number of non-ortho nitro benzene ring substituents is 1. The van der Waals surface area contributed by atoms with Crippen molar-refractivity contribution in [2.24, 2.45) is 5.10 Å². The van der Waals surface area contributed by atoms with Gasteiger partial charge in [-0.3, -0.25) is 14.9 Å². The zero-order valence-corrected chi connectivity index (χ0v) is 26.5. The Bertz CT molecular complexity index is 1970. The van der Waals surface area contributed by atoms with E-state index in [0.29, 0.717) is 47.0 Å². The summed E-state index contributed by atoms with van der Waals surface area (Å²) in [6, 6.07) is 22.8. The van der Waals surface area contributed by atoms with Gasteiger partial charge in [0.1, 0.15) is 12.4 Å². The number of aryl methyl sites for hydroxylation is 1. The third-order valence-electron chi connectivity index (χ3n) is 7.40. The van der Waals surface area contributed by atoms with Crippen LogP contribution in [-0.4, -0.2) is 34.0 Å². The number of benzene rings is 4. The third kappa shape index (κ3) is 6.91. The van der Waals surface area contributed by atoms with E-state index in [4.69, 9.17) is 19.2 Å². The quantitative estimate of drug-likeness (QED) is 0.0798. The van der Waals surface area contributed by atoms with E-state index in [-0.39, 0.29) is 23.8 Å². The number of hydrogen-bond donors (Lipinski definition) is 0. The molecule has 5 rings (SSSR count). The van der Waals surface area contributed by atoms with Crippen LogP contribution in [-0.2, 0) is 6.61 Å². The number of fused-ring (bicyclic) bond motifs is 1. The lowest BCUT2D eigenvalue weighted by Gasteiger charge is -2.18. The number of ether oxygens (including phenoxy) is 3. The Morgan fingerprint density at radius 3 is 2.33 bits per heavy atom. The third-order valence-corrected chi connectivity index (χ3v) is 7.40. The van der Waals surface area contributed by atoms with Gasteiger partial charge in [0.15, 0.2) is 17.3 Å². The molecule has 4 aromatic carbocycles. The van der Waals surface area contributed by atoms with Gasteiger partial charge in [-0.2, -0.15) is 9.78 Å². The summed E-state index contributed by atoms with van der Waals surface area (Å²) >= 11 is 0. The van der Waals surface area contributed by atoms with Crippen molar-refractivity contribution in [3.63, 3.8) is 0 Å². The molecule has 0 fully saturated rings. The van der Waals surface area contributed by atoms with Crippen molar-refractivity contribution in [3.05, 3.63) is 122 Å². The molecular weight excluding hydrogens is 584 g/mol. The van der Waals surface area contributed by atoms with Crippen LogP contribution in [0, 0.1) is 17.0 Å². The smallest absolute Gasteiger partial charge is 0.282 e. The molecule has 0 radical (unpaired) electrons. The number of para-hydroxylation sites is 1. The molecule has 1 heterocycles. The van der Waals surface area contributed by atoms with Crippen LogP contribution in [0.25, 0.3) is 22.3 Å². The van der Waals surface area contributed by atoms with E-state index in [0.717, 1.165) is 28.0 Å². The highest BCUT2D eigenvalue weighted by Crippen LogP contribution is 2.34. The summed E-state index contributed by atoms with van der Waals surface area (Å²) in [6.45, 7) is 11.2. The number of nitro benzene ring substituents is 1. The summed E-state index contributed by atoms with van der Waals surface area (Å²) in [5.74, 6) is 2.44. The summed E-state index contributed by atoms with van der Waals surface area (Å²) < 4.78 is 19.1. The zero-order chi connectivity index (χ0) is 32.8. The van der Waals surface area contributed by atoms with Crippen molar-refractivity contribution in [1.82, 2.24) is 9.66 Å².